The van der Waals surface area contributed by atoms with Crippen molar-refractivity contribution in [3.8, 4) is 5.75 Å². The molecule has 6 heteroatoms. The van der Waals surface area contributed by atoms with Crippen molar-refractivity contribution in [2.75, 3.05) is 18.5 Å². The van der Waals surface area contributed by atoms with Gasteiger partial charge in [0.2, 0.25) is 0 Å². The lowest BCUT2D eigenvalue weighted by Gasteiger charge is -2.26. The molecule has 0 spiro atoms. The van der Waals surface area contributed by atoms with Crippen molar-refractivity contribution in [1.29, 1.82) is 0 Å². The number of nitrogens with one attached hydrogen (secondary N) is 1. The van der Waals surface area contributed by atoms with Crippen molar-refractivity contribution < 1.29 is 9.66 Å². The molecule has 0 aliphatic carbocycles. The topological polar surface area (TPSA) is 77.3 Å². The van der Waals surface area contributed by atoms with Crippen molar-refractivity contribution in [2.24, 2.45) is 0 Å². The number of para-hydroxylation sites is 1. The Morgan fingerprint density at radius 2 is 2.08 bits per heavy atom. The van der Waals surface area contributed by atoms with Crippen LogP contribution in [0.5, 0.6) is 5.75 Å². The quantitative estimate of drug-likeness (QED) is 0.573. The molecule has 3 aromatic rings. The Labute approximate surface area is 144 Å². The third kappa shape index (κ3) is 2.87. The van der Waals surface area contributed by atoms with Gasteiger partial charge < -0.3 is 10.1 Å². The SMILES string of the molecule is O=[N+]([O-])c1ccc(NCC2CCOc3ccccc32)c2ccncc12. The van der Waals surface area contributed by atoms with E-state index in [4.69, 9.17) is 4.74 Å². The summed E-state index contributed by atoms with van der Waals surface area (Å²) in [6, 6.07) is 13.2. The molecule has 1 aliphatic heterocycles. The number of hydrogen-bond acceptors (Lipinski definition) is 5. The van der Waals surface area contributed by atoms with Gasteiger partial charge in [0.1, 0.15) is 5.75 Å². The number of non-ortho nitro benzene ring substituents is 1. The summed E-state index contributed by atoms with van der Waals surface area (Å²) in [5.74, 6) is 1.29. The average Bonchev–Trinajstić information content (AvgIpc) is 2.65. The molecule has 25 heavy (non-hydrogen) atoms. The molecule has 0 saturated heterocycles. The fourth-order valence-corrected chi connectivity index (χ4v) is 3.35. The Bertz CT molecular complexity index is 942. The Morgan fingerprint density at radius 1 is 1.20 bits per heavy atom. The summed E-state index contributed by atoms with van der Waals surface area (Å²) in [6.07, 6.45) is 4.14. The van der Waals surface area contributed by atoms with E-state index in [1.165, 1.54) is 11.6 Å². The zero-order valence-electron chi connectivity index (χ0n) is 13.5. The number of nitro benzene ring substituents is 1. The van der Waals surface area contributed by atoms with Gasteiger partial charge in [0.25, 0.3) is 5.69 Å². The molecule has 2 aromatic carbocycles. The summed E-state index contributed by atoms with van der Waals surface area (Å²) in [4.78, 5) is 14.9. The lowest BCUT2D eigenvalue weighted by Crippen LogP contribution is -2.20. The molecule has 0 radical (unpaired) electrons. The van der Waals surface area contributed by atoms with Gasteiger partial charge in [0, 0.05) is 42.0 Å². The molecule has 4 rings (SSSR count). The number of aromatic nitrogens is 1. The number of rotatable bonds is 4. The van der Waals surface area contributed by atoms with E-state index in [0.29, 0.717) is 17.9 Å². The molecule has 0 bridgehead atoms. The van der Waals surface area contributed by atoms with Gasteiger partial charge in [0.05, 0.1) is 16.9 Å². The molecule has 6 nitrogen and oxygen atoms in total. The third-order valence-electron chi connectivity index (χ3n) is 4.61. The predicted molar refractivity (Wildman–Crippen MR) is 96.2 cm³/mol. The highest BCUT2D eigenvalue weighted by Gasteiger charge is 2.21. The minimum atomic E-state index is -0.373. The van der Waals surface area contributed by atoms with E-state index in [2.05, 4.69) is 16.4 Å². The zero-order valence-corrected chi connectivity index (χ0v) is 13.5. The van der Waals surface area contributed by atoms with Crippen molar-refractivity contribution in [3.63, 3.8) is 0 Å². The van der Waals surface area contributed by atoms with Crippen LogP contribution in [0, 0.1) is 10.1 Å². The summed E-state index contributed by atoms with van der Waals surface area (Å²) in [7, 11) is 0. The Morgan fingerprint density at radius 3 is 2.96 bits per heavy atom. The summed E-state index contributed by atoms with van der Waals surface area (Å²) in [6.45, 7) is 1.45. The van der Waals surface area contributed by atoms with Gasteiger partial charge in [-0.3, -0.25) is 15.1 Å². The highest BCUT2D eigenvalue weighted by Crippen LogP contribution is 2.35. The zero-order chi connectivity index (χ0) is 17.2. The van der Waals surface area contributed by atoms with Crippen molar-refractivity contribution in [3.05, 3.63) is 70.5 Å². The molecule has 126 valence electrons. The second-order valence-corrected chi connectivity index (χ2v) is 6.06. The monoisotopic (exact) mass is 335 g/mol. The fourth-order valence-electron chi connectivity index (χ4n) is 3.35. The first-order valence-corrected chi connectivity index (χ1v) is 8.21. The van der Waals surface area contributed by atoms with E-state index in [9.17, 15) is 10.1 Å². The molecule has 2 heterocycles. The van der Waals surface area contributed by atoms with E-state index >= 15 is 0 Å². The van der Waals surface area contributed by atoms with Crippen molar-refractivity contribution >= 4 is 22.1 Å². The van der Waals surface area contributed by atoms with Crippen LogP contribution in [-0.4, -0.2) is 23.1 Å². The molecule has 1 N–H and O–H groups in total. The molecule has 1 aromatic heterocycles. The first kappa shape index (κ1) is 15.4. The van der Waals surface area contributed by atoms with Gasteiger partial charge in [-0.25, -0.2) is 0 Å². The van der Waals surface area contributed by atoms with E-state index in [1.54, 1.807) is 18.5 Å². The Hall–Kier alpha value is -3.15. The van der Waals surface area contributed by atoms with Crippen LogP contribution in [0.2, 0.25) is 0 Å². The van der Waals surface area contributed by atoms with Crippen molar-refractivity contribution in [1.82, 2.24) is 4.98 Å². The van der Waals surface area contributed by atoms with E-state index in [0.717, 1.165) is 29.8 Å². The molecule has 1 aliphatic rings. The molecular weight excluding hydrogens is 318 g/mol. The smallest absolute Gasteiger partial charge is 0.278 e. The van der Waals surface area contributed by atoms with Gasteiger partial charge >= 0.3 is 0 Å². The number of benzene rings is 2. The highest BCUT2D eigenvalue weighted by molar-refractivity contribution is 5.99. The van der Waals surface area contributed by atoms with Crippen LogP contribution < -0.4 is 10.1 Å². The Balaban J connectivity index is 1.63. The van der Waals surface area contributed by atoms with Crippen LogP contribution in [0.25, 0.3) is 10.8 Å². The van der Waals surface area contributed by atoms with Gasteiger partial charge in [0.15, 0.2) is 0 Å². The predicted octanol–water partition coefficient (Wildman–Crippen LogP) is 4.12. The Kier molecular flexibility index (Phi) is 3.93. The van der Waals surface area contributed by atoms with Gasteiger partial charge in [-0.15, -0.1) is 0 Å². The van der Waals surface area contributed by atoms with Crippen LogP contribution in [-0.2, 0) is 0 Å². The molecule has 0 amide bonds. The summed E-state index contributed by atoms with van der Waals surface area (Å²) < 4.78 is 5.71. The lowest BCUT2D eigenvalue weighted by atomic mass is 9.93. The summed E-state index contributed by atoms with van der Waals surface area (Å²) in [5, 5.41) is 16.0. The van der Waals surface area contributed by atoms with Crippen LogP contribution in [0.1, 0.15) is 17.9 Å². The van der Waals surface area contributed by atoms with Gasteiger partial charge in [-0.1, -0.05) is 18.2 Å². The first-order valence-electron chi connectivity index (χ1n) is 8.21. The summed E-state index contributed by atoms with van der Waals surface area (Å²) in [5.41, 5.74) is 2.16. The number of ether oxygens (including phenoxy) is 1. The average molecular weight is 335 g/mol. The maximum atomic E-state index is 11.2. The molecular formula is C19H17N3O3. The van der Waals surface area contributed by atoms with Gasteiger partial charge in [-0.2, -0.15) is 0 Å². The number of pyridine rings is 1. The molecule has 0 saturated carbocycles. The minimum absolute atomic E-state index is 0.0741. The maximum Gasteiger partial charge on any atom is 0.278 e. The van der Waals surface area contributed by atoms with Crippen LogP contribution >= 0.6 is 0 Å². The number of nitro groups is 1. The fraction of sp³-hybridized carbons (Fsp3) is 0.211. The normalized spacial score (nSPS) is 16.1. The van der Waals surface area contributed by atoms with Crippen LogP contribution in [0.4, 0.5) is 11.4 Å². The van der Waals surface area contributed by atoms with Gasteiger partial charge in [-0.05, 0) is 30.2 Å². The number of nitrogens with zero attached hydrogens (tertiary/aromatic N) is 2. The number of hydrogen-bond donors (Lipinski definition) is 1. The minimum Gasteiger partial charge on any atom is -0.493 e. The molecule has 0 fully saturated rings. The van der Waals surface area contributed by atoms with Crippen LogP contribution in [0.15, 0.2) is 54.9 Å². The standard InChI is InChI=1S/C19H17N3O3/c23-22(24)18-6-5-17(15-7-9-20-12-16(15)18)21-11-13-8-10-25-19-4-2-1-3-14(13)19/h1-7,9,12-13,21H,8,10-11H2. The third-order valence-corrected chi connectivity index (χ3v) is 4.61. The largest absolute Gasteiger partial charge is 0.493 e. The van der Waals surface area contributed by atoms with E-state index in [1.807, 2.05) is 24.3 Å². The van der Waals surface area contributed by atoms with E-state index < -0.39 is 0 Å². The maximum absolute atomic E-state index is 11.2. The second-order valence-electron chi connectivity index (χ2n) is 6.06. The highest BCUT2D eigenvalue weighted by atomic mass is 16.6. The van der Waals surface area contributed by atoms with Crippen molar-refractivity contribution in [2.45, 2.75) is 12.3 Å². The second kappa shape index (κ2) is 6.39. The van der Waals surface area contributed by atoms with Crippen LogP contribution in [0.3, 0.4) is 0 Å². The number of anilines is 1. The lowest BCUT2D eigenvalue weighted by molar-refractivity contribution is -0.383. The van der Waals surface area contributed by atoms with E-state index in [-0.39, 0.29) is 10.6 Å². The molecule has 1 unspecified atom stereocenters. The first-order chi connectivity index (χ1) is 12.2. The number of fused-ring (bicyclic) bond motifs is 2. The summed E-state index contributed by atoms with van der Waals surface area (Å²) >= 11 is 0. The molecule has 1 atom stereocenters.